The summed E-state index contributed by atoms with van der Waals surface area (Å²) in [6, 6.07) is 4.65. The first kappa shape index (κ1) is 26.7. The summed E-state index contributed by atoms with van der Waals surface area (Å²) in [5.41, 5.74) is 0.626. The molecule has 0 aliphatic rings. The highest BCUT2D eigenvalue weighted by Crippen LogP contribution is 2.34. The Hall–Kier alpha value is -3.87. The molecule has 0 aliphatic heterocycles. The molecule has 0 aliphatic carbocycles. The van der Waals surface area contributed by atoms with Gasteiger partial charge in [0, 0.05) is 24.0 Å². The lowest BCUT2D eigenvalue weighted by Crippen LogP contribution is -2.22. The number of rotatable bonds is 8. The van der Waals surface area contributed by atoms with E-state index in [9.17, 15) is 18.0 Å². The zero-order chi connectivity index (χ0) is 26.5. The maximum atomic E-state index is 13.5. The highest BCUT2D eigenvalue weighted by atomic mass is 19.4. The summed E-state index contributed by atoms with van der Waals surface area (Å²) >= 11 is 0. The molecular formula is C23H26BF3N6O3. The van der Waals surface area contributed by atoms with Gasteiger partial charge in [-0.15, -0.1) is 0 Å². The molecular weight excluding hydrogens is 476 g/mol. The maximum Gasteiger partial charge on any atom is 0.416 e. The fourth-order valence-electron chi connectivity index (χ4n) is 3.38. The molecule has 2 N–H and O–H groups in total. The minimum absolute atomic E-state index is 0.00489. The van der Waals surface area contributed by atoms with E-state index < -0.39 is 17.8 Å². The molecule has 0 saturated heterocycles. The summed E-state index contributed by atoms with van der Waals surface area (Å²) in [4.78, 5) is 27.0. The number of aromatic nitrogens is 3. The third-order valence-electron chi connectivity index (χ3n) is 4.96. The van der Waals surface area contributed by atoms with E-state index in [-0.39, 0.29) is 17.8 Å². The molecule has 9 nitrogen and oxygen atoms in total. The lowest BCUT2D eigenvalue weighted by molar-refractivity contribution is -0.138. The Bertz CT molecular complexity index is 1240. The molecule has 2 heterocycles. The second kappa shape index (κ2) is 11.2. The molecule has 0 saturated carbocycles. The van der Waals surface area contributed by atoms with Crippen LogP contribution in [-0.2, 0) is 12.7 Å². The fraction of sp³-hybridized carbons (Fsp3) is 0.304. The quantitative estimate of drug-likeness (QED) is 0.451. The minimum Gasteiger partial charge on any atom is -0.552 e. The van der Waals surface area contributed by atoms with Crippen molar-refractivity contribution >= 4 is 25.5 Å². The molecule has 3 aromatic rings. The predicted molar refractivity (Wildman–Crippen MR) is 132 cm³/mol. The number of nitrogens with zero attached hydrogens (tertiary/aromatic N) is 4. The number of alkyl halides is 3. The van der Waals surface area contributed by atoms with Gasteiger partial charge in [-0.3, -0.25) is 0 Å². The van der Waals surface area contributed by atoms with E-state index >= 15 is 0 Å². The molecule has 1 aromatic carbocycles. The Morgan fingerprint density at radius 3 is 2.50 bits per heavy atom. The van der Waals surface area contributed by atoms with Crippen molar-refractivity contribution in [1.29, 1.82) is 0 Å². The van der Waals surface area contributed by atoms with Crippen LogP contribution in [0.2, 0.25) is 0 Å². The SMILES string of the molecule is BOc1ncc(-c2ncc(NC(=O)Nc3ccc(CN(C)C)c(C(F)(F)F)c3)c(C)n2)cc1OCC. The smallest absolute Gasteiger partial charge is 0.416 e. The summed E-state index contributed by atoms with van der Waals surface area (Å²) in [5, 5.41) is 5.00. The first-order chi connectivity index (χ1) is 17.0. The van der Waals surface area contributed by atoms with Gasteiger partial charge in [-0.25, -0.2) is 19.7 Å². The van der Waals surface area contributed by atoms with Gasteiger partial charge in [-0.1, -0.05) is 6.07 Å². The Morgan fingerprint density at radius 1 is 1.14 bits per heavy atom. The number of aryl methyl sites for hydroxylation is 1. The number of halogens is 3. The molecule has 0 unspecified atom stereocenters. The van der Waals surface area contributed by atoms with E-state index in [0.29, 0.717) is 41.0 Å². The van der Waals surface area contributed by atoms with Crippen LogP contribution in [0.4, 0.5) is 29.3 Å². The van der Waals surface area contributed by atoms with Crippen LogP contribution in [0.15, 0.2) is 36.7 Å². The van der Waals surface area contributed by atoms with Crippen molar-refractivity contribution in [2.45, 2.75) is 26.6 Å². The van der Waals surface area contributed by atoms with Gasteiger partial charge in [-0.05, 0) is 51.7 Å². The summed E-state index contributed by atoms with van der Waals surface area (Å²) in [6.45, 7) is 4.03. The lowest BCUT2D eigenvalue weighted by atomic mass is 10.1. The summed E-state index contributed by atoms with van der Waals surface area (Å²) in [5.74, 6) is 1.12. The lowest BCUT2D eigenvalue weighted by Gasteiger charge is -2.18. The van der Waals surface area contributed by atoms with Crippen LogP contribution in [0, 0.1) is 6.92 Å². The van der Waals surface area contributed by atoms with E-state index in [1.807, 2.05) is 6.92 Å². The number of hydrogen-bond donors (Lipinski definition) is 2. The van der Waals surface area contributed by atoms with Crippen LogP contribution in [0.5, 0.6) is 11.6 Å². The number of ether oxygens (including phenoxy) is 1. The van der Waals surface area contributed by atoms with Gasteiger partial charge in [0.1, 0.15) is 0 Å². The van der Waals surface area contributed by atoms with Crippen molar-refractivity contribution in [2.24, 2.45) is 0 Å². The van der Waals surface area contributed by atoms with Gasteiger partial charge in [0.25, 0.3) is 0 Å². The first-order valence-electron chi connectivity index (χ1n) is 11.0. The Kier molecular flexibility index (Phi) is 8.35. The van der Waals surface area contributed by atoms with E-state index in [2.05, 4.69) is 25.6 Å². The first-order valence-corrected chi connectivity index (χ1v) is 11.0. The van der Waals surface area contributed by atoms with Crippen molar-refractivity contribution in [3.8, 4) is 23.0 Å². The van der Waals surface area contributed by atoms with Gasteiger partial charge < -0.3 is 24.9 Å². The van der Waals surface area contributed by atoms with Crippen LogP contribution >= 0.6 is 0 Å². The van der Waals surface area contributed by atoms with E-state index in [1.165, 1.54) is 32.6 Å². The molecule has 0 spiro atoms. The Morgan fingerprint density at radius 2 is 1.89 bits per heavy atom. The number of hydrogen-bond acceptors (Lipinski definition) is 7. The fourth-order valence-corrected chi connectivity index (χ4v) is 3.38. The summed E-state index contributed by atoms with van der Waals surface area (Å²) < 4.78 is 51.3. The van der Waals surface area contributed by atoms with E-state index in [1.54, 1.807) is 32.0 Å². The monoisotopic (exact) mass is 502 g/mol. The second-order valence-electron chi connectivity index (χ2n) is 8.04. The molecule has 0 radical (unpaired) electrons. The predicted octanol–water partition coefficient (Wildman–Crippen LogP) is 3.90. The zero-order valence-corrected chi connectivity index (χ0v) is 20.5. The van der Waals surface area contributed by atoms with Crippen molar-refractivity contribution in [3.05, 3.63) is 53.5 Å². The number of carbonyl (C=O) groups is 1. The number of nitrogens with one attached hydrogen (secondary N) is 2. The topological polar surface area (TPSA) is 102 Å². The standard InChI is InChI=1S/C23H26BF3N6O3/c1-5-35-19-8-15(10-29-21(19)36-24)20-28-11-18(13(2)30-20)32-22(34)31-16-7-6-14(12-33(3)4)17(9-16)23(25,26)27/h6-11H,5,12,24H2,1-4H3,(H2,31,32,34). The minimum atomic E-state index is -4.56. The van der Waals surface area contributed by atoms with Gasteiger partial charge in [0.2, 0.25) is 5.88 Å². The van der Waals surface area contributed by atoms with Gasteiger partial charge in [-0.2, -0.15) is 13.2 Å². The number of urea groups is 1. The highest BCUT2D eigenvalue weighted by Gasteiger charge is 2.33. The van der Waals surface area contributed by atoms with Crippen LogP contribution in [-0.4, -0.2) is 54.6 Å². The third kappa shape index (κ3) is 6.63. The highest BCUT2D eigenvalue weighted by molar-refractivity contribution is 6.00. The molecule has 190 valence electrons. The molecule has 0 fully saturated rings. The van der Waals surface area contributed by atoms with Gasteiger partial charge in [0.15, 0.2) is 11.6 Å². The number of pyridine rings is 1. The summed E-state index contributed by atoms with van der Waals surface area (Å²) in [7, 11) is 4.84. The largest absolute Gasteiger partial charge is 0.552 e. The Labute approximate surface area is 207 Å². The van der Waals surface area contributed by atoms with Crippen molar-refractivity contribution in [3.63, 3.8) is 0 Å². The van der Waals surface area contributed by atoms with Crippen LogP contribution in [0.3, 0.4) is 0 Å². The van der Waals surface area contributed by atoms with Crippen LogP contribution in [0.25, 0.3) is 11.4 Å². The molecule has 3 rings (SSSR count). The summed E-state index contributed by atoms with van der Waals surface area (Å²) in [6.07, 6.45) is -1.62. The van der Waals surface area contributed by atoms with Crippen molar-refractivity contribution in [1.82, 2.24) is 19.9 Å². The molecule has 0 bridgehead atoms. The third-order valence-corrected chi connectivity index (χ3v) is 4.96. The maximum absolute atomic E-state index is 13.5. The zero-order valence-electron chi connectivity index (χ0n) is 20.5. The number of benzene rings is 1. The van der Waals surface area contributed by atoms with Gasteiger partial charge >= 0.3 is 20.3 Å². The van der Waals surface area contributed by atoms with Crippen LogP contribution < -0.4 is 20.0 Å². The molecule has 2 amide bonds. The number of anilines is 2. The van der Waals surface area contributed by atoms with E-state index in [4.69, 9.17) is 9.39 Å². The van der Waals surface area contributed by atoms with Crippen LogP contribution in [0.1, 0.15) is 23.7 Å². The van der Waals surface area contributed by atoms with E-state index in [0.717, 1.165) is 6.07 Å². The second-order valence-corrected chi connectivity index (χ2v) is 8.04. The molecule has 36 heavy (non-hydrogen) atoms. The average molecular weight is 502 g/mol. The normalized spacial score (nSPS) is 11.3. The molecule has 2 aromatic heterocycles. The Balaban J connectivity index is 1.76. The van der Waals surface area contributed by atoms with Crippen molar-refractivity contribution < 1.29 is 27.4 Å². The number of amides is 2. The molecule has 0 atom stereocenters. The molecule has 13 heteroatoms. The number of carbonyl (C=O) groups excluding carboxylic acids is 1. The van der Waals surface area contributed by atoms with Crippen molar-refractivity contribution in [2.75, 3.05) is 31.3 Å². The average Bonchev–Trinajstić information content (AvgIpc) is 2.80. The van der Waals surface area contributed by atoms with Gasteiger partial charge in [0.05, 0.1) is 29.7 Å².